The Morgan fingerprint density at radius 1 is 0.574 bits per heavy atom. The van der Waals surface area contributed by atoms with Gasteiger partial charge < -0.3 is 20.9 Å². The van der Waals surface area contributed by atoms with Gasteiger partial charge in [-0.3, -0.25) is 0 Å². The molecular formula is C41H62N2O4. The van der Waals surface area contributed by atoms with E-state index in [-0.39, 0.29) is 17.6 Å². The van der Waals surface area contributed by atoms with Crippen LogP contribution in [0.1, 0.15) is 152 Å². The van der Waals surface area contributed by atoms with Gasteiger partial charge in [-0.05, 0) is 111 Å². The van der Waals surface area contributed by atoms with Crippen molar-refractivity contribution in [3.63, 3.8) is 0 Å². The number of unbranched alkanes of at least 4 members (excludes halogenated alkanes) is 8. The summed E-state index contributed by atoms with van der Waals surface area (Å²) in [6.07, 6.45) is 20.4. The predicted octanol–water partition coefficient (Wildman–Crippen LogP) is 10.3. The molecular weight excluding hydrogens is 584 g/mol. The molecule has 0 unspecified atom stereocenters. The number of rotatable bonds is 18. The standard InChI is InChI=1S/C41H62N2O4/c1-3-5-7-9-11-17-31-19-13-15-21-37(31)41(33-23-27-35(28-24-33)46-39(42)44,34-25-29-36(30-26-34)47-40(43)45)38-22-16-14-20-32(38)18-12-10-8-6-4-2/h13-16,19-22,33-36H,3-12,17-18,23-30H2,1-2H3,(H2,42,44)(H2,43,45). The topological polar surface area (TPSA) is 105 Å². The van der Waals surface area contributed by atoms with Crippen molar-refractivity contribution in [2.45, 2.75) is 160 Å². The van der Waals surface area contributed by atoms with E-state index in [2.05, 4.69) is 62.4 Å². The lowest BCUT2D eigenvalue weighted by Crippen LogP contribution is -2.49. The predicted molar refractivity (Wildman–Crippen MR) is 191 cm³/mol. The lowest BCUT2D eigenvalue weighted by molar-refractivity contribution is 0.0274. The average Bonchev–Trinajstić information content (AvgIpc) is 3.07. The van der Waals surface area contributed by atoms with Crippen LogP contribution >= 0.6 is 0 Å². The molecule has 0 aliphatic heterocycles. The third kappa shape index (κ3) is 9.99. The van der Waals surface area contributed by atoms with Gasteiger partial charge in [0.15, 0.2) is 0 Å². The Morgan fingerprint density at radius 2 is 0.936 bits per heavy atom. The lowest BCUT2D eigenvalue weighted by atomic mass is 9.51. The smallest absolute Gasteiger partial charge is 0.404 e. The van der Waals surface area contributed by atoms with E-state index in [9.17, 15) is 9.59 Å². The molecule has 0 atom stereocenters. The summed E-state index contributed by atoms with van der Waals surface area (Å²) < 4.78 is 11.1. The molecule has 0 bridgehead atoms. The van der Waals surface area contributed by atoms with Crippen molar-refractivity contribution in [1.82, 2.24) is 0 Å². The van der Waals surface area contributed by atoms with E-state index in [0.717, 1.165) is 64.2 Å². The molecule has 0 spiro atoms. The minimum Gasteiger partial charge on any atom is -0.446 e. The molecule has 260 valence electrons. The summed E-state index contributed by atoms with van der Waals surface area (Å²) in [7, 11) is 0. The van der Waals surface area contributed by atoms with Crippen LogP contribution in [0.3, 0.4) is 0 Å². The Morgan fingerprint density at radius 3 is 1.30 bits per heavy atom. The molecule has 4 N–H and O–H groups in total. The van der Waals surface area contributed by atoms with E-state index in [1.807, 2.05) is 0 Å². The lowest BCUT2D eigenvalue weighted by Gasteiger charge is -2.53. The molecule has 2 fully saturated rings. The monoisotopic (exact) mass is 646 g/mol. The molecule has 2 amide bonds. The molecule has 2 saturated carbocycles. The van der Waals surface area contributed by atoms with E-state index in [4.69, 9.17) is 20.9 Å². The average molecular weight is 647 g/mol. The van der Waals surface area contributed by atoms with Crippen molar-refractivity contribution in [2.24, 2.45) is 23.3 Å². The molecule has 2 aliphatic carbocycles. The minimum atomic E-state index is -0.672. The third-order valence-corrected chi connectivity index (χ3v) is 11.2. The molecule has 4 rings (SSSR count). The highest BCUT2D eigenvalue weighted by Gasteiger charge is 2.51. The number of ether oxygens (including phenoxy) is 2. The van der Waals surface area contributed by atoms with Crippen LogP contribution in [0.5, 0.6) is 0 Å². The van der Waals surface area contributed by atoms with Gasteiger partial charge in [0.05, 0.1) is 0 Å². The Hall–Kier alpha value is -3.02. The number of nitrogens with two attached hydrogens (primary N) is 2. The highest BCUT2D eigenvalue weighted by atomic mass is 16.6. The van der Waals surface area contributed by atoms with E-state index in [0.29, 0.717) is 11.8 Å². The Kier molecular flexibility index (Phi) is 15.0. The maximum atomic E-state index is 11.7. The summed E-state index contributed by atoms with van der Waals surface area (Å²) in [5, 5.41) is 0. The zero-order valence-electron chi connectivity index (χ0n) is 29.4. The molecule has 0 radical (unpaired) electrons. The number of aryl methyl sites for hydroxylation is 2. The minimum absolute atomic E-state index is 0.122. The van der Waals surface area contributed by atoms with Crippen molar-refractivity contribution in [1.29, 1.82) is 0 Å². The second kappa shape index (κ2) is 19.1. The van der Waals surface area contributed by atoms with Gasteiger partial charge in [0.2, 0.25) is 0 Å². The number of benzene rings is 2. The van der Waals surface area contributed by atoms with Crippen molar-refractivity contribution in [3.05, 3.63) is 70.8 Å². The number of primary amides is 2. The number of hydrogen-bond acceptors (Lipinski definition) is 4. The first-order valence-corrected chi connectivity index (χ1v) is 19.0. The number of amides is 2. The van der Waals surface area contributed by atoms with Crippen LogP contribution in [-0.4, -0.2) is 24.4 Å². The summed E-state index contributed by atoms with van der Waals surface area (Å²) in [6, 6.07) is 18.6. The van der Waals surface area contributed by atoms with E-state index in [1.54, 1.807) is 0 Å². The highest BCUT2D eigenvalue weighted by molar-refractivity contribution is 5.65. The largest absolute Gasteiger partial charge is 0.446 e. The molecule has 2 aromatic carbocycles. The normalized spacial score (nSPS) is 21.7. The molecule has 6 heteroatoms. The molecule has 6 nitrogen and oxygen atoms in total. The van der Waals surface area contributed by atoms with Crippen molar-refractivity contribution in [3.8, 4) is 0 Å². The highest BCUT2D eigenvalue weighted by Crippen LogP contribution is 2.56. The van der Waals surface area contributed by atoms with Gasteiger partial charge in [0.1, 0.15) is 12.2 Å². The fourth-order valence-electron chi connectivity index (χ4n) is 9.08. The number of hydrogen-bond donors (Lipinski definition) is 2. The zero-order valence-corrected chi connectivity index (χ0v) is 29.4. The molecule has 47 heavy (non-hydrogen) atoms. The first-order valence-electron chi connectivity index (χ1n) is 19.0. The zero-order chi connectivity index (χ0) is 33.5. The van der Waals surface area contributed by atoms with Crippen LogP contribution in [0, 0.1) is 11.8 Å². The van der Waals surface area contributed by atoms with Gasteiger partial charge in [0.25, 0.3) is 0 Å². The van der Waals surface area contributed by atoms with Crippen LogP contribution < -0.4 is 11.5 Å². The van der Waals surface area contributed by atoms with E-state index >= 15 is 0 Å². The van der Waals surface area contributed by atoms with Crippen LogP contribution in [-0.2, 0) is 27.7 Å². The van der Waals surface area contributed by atoms with Gasteiger partial charge in [-0.15, -0.1) is 0 Å². The van der Waals surface area contributed by atoms with Gasteiger partial charge >= 0.3 is 12.2 Å². The van der Waals surface area contributed by atoms with Crippen molar-refractivity contribution >= 4 is 12.2 Å². The summed E-state index contributed by atoms with van der Waals surface area (Å²) in [5.74, 6) is 0.771. The maximum absolute atomic E-state index is 11.7. The Balaban J connectivity index is 1.82. The first kappa shape index (κ1) is 36.8. The quantitative estimate of drug-likeness (QED) is 0.157. The Labute approximate surface area is 284 Å². The first-order chi connectivity index (χ1) is 22.9. The molecule has 2 aliphatic rings. The van der Waals surface area contributed by atoms with E-state index in [1.165, 1.54) is 86.5 Å². The van der Waals surface area contributed by atoms with Crippen molar-refractivity contribution in [2.75, 3.05) is 0 Å². The van der Waals surface area contributed by atoms with Gasteiger partial charge in [-0.1, -0.05) is 114 Å². The third-order valence-electron chi connectivity index (χ3n) is 11.2. The second-order valence-electron chi connectivity index (χ2n) is 14.3. The molecule has 0 aromatic heterocycles. The van der Waals surface area contributed by atoms with Crippen LogP contribution in [0.2, 0.25) is 0 Å². The molecule has 2 aromatic rings. The van der Waals surface area contributed by atoms with Gasteiger partial charge in [-0.2, -0.15) is 0 Å². The van der Waals surface area contributed by atoms with Crippen LogP contribution in [0.25, 0.3) is 0 Å². The maximum Gasteiger partial charge on any atom is 0.404 e. The van der Waals surface area contributed by atoms with Gasteiger partial charge in [-0.25, -0.2) is 9.59 Å². The summed E-state index contributed by atoms with van der Waals surface area (Å²) in [5.41, 5.74) is 16.7. The fourth-order valence-corrected chi connectivity index (χ4v) is 9.08. The molecule has 0 heterocycles. The van der Waals surface area contributed by atoms with Crippen LogP contribution in [0.15, 0.2) is 48.5 Å². The van der Waals surface area contributed by atoms with Crippen molar-refractivity contribution < 1.29 is 19.1 Å². The summed E-state index contributed by atoms with van der Waals surface area (Å²) in [4.78, 5) is 23.4. The van der Waals surface area contributed by atoms with Crippen LogP contribution in [0.4, 0.5) is 9.59 Å². The molecule has 0 saturated heterocycles. The SMILES string of the molecule is CCCCCCCc1ccccc1C(c1ccccc1CCCCCCC)(C1CCC(OC(N)=O)CC1)C1CCC(OC(N)=O)CC1. The summed E-state index contributed by atoms with van der Waals surface area (Å²) >= 11 is 0. The Bertz CT molecular complexity index is 1130. The van der Waals surface area contributed by atoms with E-state index < -0.39 is 12.2 Å². The second-order valence-corrected chi connectivity index (χ2v) is 14.3. The number of carbonyl (C=O) groups is 2. The van der Waals surface area contributed by atoms with Gasteiger partial charge in [0, 0.05) is 5.41 Å². The fraction of sp³-hybridized carbons (Fsp3) is 0.659. The number of carbonyl (C=O) groups excluding carboxylic acids is 2. The summed E-state index contributed by atoms with van der Waals surface area (Å²) in [6.45, 7) is 4.55.